The van der Waals surface area contributed by atoms with Crippen molar-refractivity contribution in [2.75, 3.05) is 5.75 Å². The molecule has 0 saturated carbocycles. The summed E-state index contributed by atoms with van der Waals surface area (Å²) in [4.78, 5) is 13.0. The molecule has 2 aromatic heterocycles. The van der Waals surface area contributed by atoms with Crippen molar-refractivity contribution in [1.82, 2.24) is 4.57 Å². The van der Waals surface area contributed by atoms with Gasteiger partial charge in [-0.2, -0.15) is 11.8 Å². The van der Waals surface area contributed by atoms with Gasteiger partial charge in [0.2, 0.25) is 0 Å². The van der Waals surface area contributed by atoms with Gasteiger partial charge in [-0.15, -0.1) is 0 Å². The van der Waals surface area contributed by atoms with Crippen molar-refractivity contribution in [3.8, 4) is 11.8 Å². The number of hydrogen-bond acceptors (Lipinski definition) is 3. The zero-order chi connectivity index (χ0) is 27.1. The van der Waals surface area contributed by atoms with E-state index >= 15 is 0 Å². The molecule has 0 atom stereocenters. The molecule has 0 bridgehead atoms. The van der Waals surface area contributed by atoms with E-state index in [9.17, 15) is 13.4 Å². The summed E-state index contributed by atoms with van der Waals surface area (Å²) < 4.78 is 37.2. The largest absolute Gasteiger partial charge is 0.934 e. The van der Waals surface area contributed by atoms with E-state index in [0.29, 0.717) is 28.1 Å². The van der Waals surface area contributed by atoms with Crippen molar-refractivity contribution >= 4 is 47.5 Å². The zero-order valence-corrected chi connectivity index (χ0v) is 22.9. The van der Waals surface area contributed by atoms with Crippen LogP contribution < -0.4 is 5.63 Å². The van der Waals surface area contributed by atoms with Gasteiger partial charge in [0.15, 0.2) is 11.4 Å². The van der Waals surface area contributed by atoms with Crippen molar-refractivity contribution in [3.05, 3.63) is 91.7 Å². The summed E-state index contributed by atoms with van der Waals surface area (Å²) in [6.07, 6.45) is 6.03. The summed E-state index contributed by atoms with van der Waals surface area (Å²) in [5.74, 6) is 8.19. The van der Waals surface area contributed by atoms with Crippen LogP contribution in [-0.4, -0.2) is 27.9 Å². The van der Waals surface area contributed by atoms with Crippen LogP contribution in [0, 0.1) is 25.7 Å². The van der Waals surface area contributed by atoms with E-state index < -0.39 is 13.0 Å². The summed E-state index contributed by atoms with van der Waals surface area (Å²) >= 11 is 1.83. The van der Waals surface area contributed by atoms with Crippen molar-refractivity contribution in [3.63, 3.8) is 0 Å². The molecule has 4 heterocycles. The quantitative estimate of drug-likeness (QED) is 0.220. The fraction of sp³-hybridized carbons (Fsp3) is 0.267. The lowest BCUT2D eigenvalue weighted by Gasteiger charge is -2.12. The minimum Gasteiger partial charge on any atom is -0.422 e. The zero-order valence-electron chi connectivity index (χ0n) is 22.1. The molecule has 4 nitrogen and oxygen atoms in total. The van der Waals surface area contributed by atoms with Gasteiger partial charge < -0.3 is 8.98 Å². The number of nitrogens with zero attached hydrogens (tertiary/aromatic N) is 2. The van der Waals surface area contributed by atoms with Gasteiger partial charge in [0.25, 0.3) is 0 Å². The molecular formula is C30H28BF2N2O2S+. The number of rotatable bonds is 4. The van der Waals surface area contributed by atoms with E-state index in [0.717, 1.165) is 61.5 Å². The molecule has 0 saturated heterocycles. The van der Waals surface area contributed by atoms with Crippen molar-refractivity contribution in [2.24, 2.45) is 7.05 Å². The van der Waals surface area contributed by atoms with E-state index in [2.05, 4.69) is 11.8 Å². The Kier molecular flexibility index (Phi) is 7.06. The number of allylic oxidation sites excluding steroid dienone is 4. The number of hydrogen-bond donors (Lipinski definition) is 0. The Bertz CT molecular complexity index is 1730. The second-order valence-corrected chi connectivity index (χ2v) is 10.8. The Morgan fingerprint density at radius 3 is 2.68 bits per heavy atom. The molecule has 5 rings (SSSR count). The van der Waals surface area contributed by atoms with Gasteiger partial charge in [0.1, 0.15) is 5.58 Å². The molecule has 0 unspecified atom stereocenters. The average Bonchev–Trinajstić information content (AvgIpc) is 3.28. The molecule has 192 valence electrons. The standard InChI is InChI=1S/C30H28BF2N2O2S/c1-18-12-20(3)34(5)28(18)26(29-19(2)13-21(4)35(29)31(32)33)10-9-23-14-24-15-25-17-38-11-7-6-8-22(25)16-27(24)37-30(23)36/h9-10,12-16H,7,11,17H2,1-5H3/q+1/b10-9+. The Morgan fingerprint density at radius 2 is 1.97 bits per heavy atom. The molecule has 0 spiro atoms. The first kappa shape index (κ1) is 26.1. The number of aromatic nitrogens is 1. The predicted octanol–water partition coefficient (Wildman–Crippen LogP) is 6.52. The summed E-state index contributed by atoms with van der Waals surface area (Å²) in [5.41, 5.74) is 7.42. The molecule has 8 heteroatoms. The van der Waals surface area contributed by atoms with E-state index in [1.165, 1.54) is 0 Å². The molecule has 0 N–H and O–H groups in total. The van der Waals surface area contributed by atoms with E-state index in [1.54, 1.807) is 31.2 Å². The van der Waals surface area contributed by atoms with E-state index in [1.807, 2.05) is 62.3 Å². The average molecular weight is 529 g/mol. The van der Waals surface area contributed by atoms with Crippen LogP contribution in [0.1, 0.15) is 53.9 Å². The van der Waals surface area contributed by atoms with Crippen LogP contribution in [0.3, 0.4) is 0 Å². The monoisotopic (exact) mass is 529 g/mol. The SMILES string of the molecule is CC1=CC(C)=[N+](B(F)F)/C1=C(/C=C/c1cc2cc3c(cc2oc1=O)C#CCCSC3)c1c(C)cc(C)n1C. The van der Waals surface area contributed by atoms with Crippen LogP contribution in [0.2, 0.25) is 0 Å². The van der Waals surface area contributed by atoms with Crippen molar-refractivity contribution < 1.29 is 17.5 Å². The highest BCUT2D eigenvalue weighted by atomic mass is 32.2. The summed E-state index contributed by atoms with van der Waals surface area (Å²) in [6.45, 7) is 7.46. The van der Waals surface area contributed by atoms with Crippen LogP contribution >= 0.6 is 11.8 Å². The van der Waals surface area contributed by atoms with Crippen LogP contribution in [0.15, 0.2) is 56.9 Å². The predicted molar refractivity (Wildman–Crippen MR) is 154 cm³/mol. The topological polar surface area (TPSA) is 38.1 Å². The number of aryl methyl sites for hydroxylation is 2. The maximum absolute atomic E-state index is 14.2. The minimum atomic E-state index is -2.70. The van der Waals surface area contributed by atoms with Crippen LogP contribution in [0.25, 0.3) is 22.6 Å². The Morgan fingerprint density at radius 1 is 1.18 bits per heavy atom. The van der Waals surface area contributed by atoms with Gasteiger partial charge >= 0.3 is 13.0 Å². The van der Waals surface area contributed by atoms with Gasteiger partial charge in [-0.25, -0.2) is 17.9 Å². The molecule has 0 radical (unpaired) electrons. The van der Waals surface area contributed by atoms with E-state index in [-0.39, 0.29) is 0 Å². The van der Waals surface area contributed by atoms with Crippen LogP contribution in [-0.2, 0) is 12.8 Å². The first-order valence-corrected chi connectivity index (χ1v) is 13.6. The fourth-order valence-electron chi connectivity index (χ4n) is 5.21. The highest BCUT2D eigenvalue weighted by Crippen LogP contribution is 2.34. The van der Waals surface area contributed by atoms with Crippen molar-refractivity contribution in [2.45, 2.75) is 39.9 Å². The maximum atomic E-state index is 14.2. The first-order valence-electron chi connectivity index (χ1n) is 12.5. The molecule has 0 aliphatic carbocycles. The van der Waals surface area contributed by atoms with E-state index in [4.69, 9.17) is 4.42 Å². The third-order valence-electron chi connectivity index (χ3n) is 7.06. The minimum absolute atomic E-state index is 0.354. The summed E-state index contributed by atoms with van der Waals surface area (Å²) in [6, 6.07) is 7.70. The Hall–Kier alpha value is -3.57. The lowest BCUT2D eigenvalue weighted by atomic mass is 9.99. The highest BCUT2D eigenvalue weighted by Gasteiger charge is 2.44. The van der Waals surface area contributed by atoms with Gasteiger partial charge in [-0.1, -0.05) is 11.8 Å². The smallest absolute Gasteiger partial charge is 0.422 e. The lowest BCUT2D eigenvalue weighted by Crippen LogP contribution is -2.25. The normalized spacial score (nSPS) is 16.8. The number of halogens is 2. The molecule has 38 heavy (non-hydrogen) atoms. The first-order chi connectivity index (χ1) is 18.2. The summed E-state index contributed by atoms with van der Waals surface area (Å²) in [7, 11) is -0.780. The van der Waals surface area contributed by atoms with Crippen molar-refractivity contribution in [1.29, 1.82) is 0 Å². The lowest BCUT2D eigenvalue weighted by molar-refractivity contribution is -0.343. The molecule has 1 aromatic carbocycles. The third kappa shape index (κ3) is 4.72. The summed E-state index contributed by atoms with van der Waals surface area (Å²) in [5, 5.41) is 0.807. The molecule has 2 aliphatic heterocycles. The third-order valence-corrected chi connectivity index (χ3v) is 8.06. The van der Waals surface area contributed by atoms with Gasteiger partial charge in [-0.3, -0.25) is 0 Å². The molecule has 2 aliphatic rings. The van der Waals surface area contributed by atoms with Crippen LogP contribution in [0.4, 0.5) is 8.63 Å². The van der Waals surface area contributed by atoms with Gasteiger partial charge in [-0.05, 0) is 68.3 Å². The number of fused-ring (bicyclic) bond motifs is 2. The maximum Gasteiger partial charge on any atom is 0.934 e. The second kappa shape index (κ2) is 10.3. The molecular weight excluding hydrogens is 501 g/mol. The fourth-order valence-corrected chi connectivity index (χ4v) is 6.06. The van der Waals surface area contributed by atoms with Gasteiger partial charge in [0.05, 0.1) is 16.8 Å². The molecule has 0 amide bonds. The number of benzene rings is 1. The van der Waals surface area contributed by atoms with Gasteiger partial charge in [0, 0.05) is 60.2 Å². The van der Waals surface area contributed by atoms with Crippen LogP contribution in [0.5, 0.6) is 0 Å². The Balaban J connectivity index is 1.69. The highest BCUT2D eigenvalue weighted by molar-refractivity contribution is 7.98. The molecule has 3 aromatic rings. The molecule has 0 fully saturated rings. The second-order valence-electron chi connectivity index (χ2n) is 9.73. The number of thioether (sulfide) groups is 1. The Labute approximate surface area is 225 Å².